The highest BCUT2D eigenvalue weighted by molar-refractivity contribution is 8.05. The number of rotatable bonds is 6. The Hall–Kier alpha value is -1.14. The summed E-state index contributed by atoms with van der Waals surface area (Å²) in [6.45, 7) is 8.30. The van der Waals surface area contributed by atoms with Crippen molar-refractivity contribution in [1.82, 2.24) is 9.80 Å². The summed E-state index contributed by atoms with van der Waals surface area (Å²) < 4.78 is 5.44. The van der Waals surface area contributed by atoms with Crippen LogP contribution in [0.5, 0.6) is 0 Å². The zero-order chi connectivity index (χ0) is 17.8. The van der Waals surface area contributed by atoms with Gasteiger partial charge in [0.05, 0.1) is 13.2 Å². The normalized spacial score (nSPS) is 20.5. The van der Waals surface area contributed by atoms with Crippen molar-refractivity contribution in [3.05, 3.63) is 63.7 Å². The molecule has 0 amide bonds. The van der Waals surface area contributed by atoms with Crippen molar-refractivity contribution in [2.45, 2.75) is 18.2 Å². The van der Waals surface area contributed by atoms with Crippen LogP contribution in [0.2, 0.25) is 0 Å². The first-order valence-electron chi connectivity index (χ1n) is 9.36. The van der Waals surface area contributed by atoms with Crippen LogP contribution in [0.3, 0.4) is 0 Å². The molecule has 1 saturated heterocycles. The largest absolute Gasteiger partial charge is 0.379 e. The van der Waals surface area contributed by atoms with Crippen LogP contribution >= 0.6 is 23.5 Å². The maximum Gasteiger partial charge on any atom is 0.0594 e. The second-order valence-corrected chi connectivity index (χ2v) is 9.05. The van der Waals surface area contributed by atoms with Crippen molar-refractivity contribution < 1.29 is 4.74 Å². The molecule has 0 unspecified atom stereocenters. The molecule has 3 heterocycles. The Morgan fingerprint density at radius 1 is 1.08 bits per heavy atom. The maximum atomic E-state index is 5.44. The third kappa shape index (κ3) is 4.58. The summed E-state index contributed by atoms with van der Waals surface area (Å²) in [4.78, 5) is 9.02. The van der Waals surface area contributed by atoms with Gasteiger partial charge in [-0.05, 0) is 25.5 Å². The highest BCUT2D eigenvalue weighted by Gasteiger charge is 2.23. The minimum absolute atomic E-state index is 0.885. The third-order valence-electron chi connectivity index (χ3n) is 4.87. The Morgan fingerprint density at radius 2 is 1.88 bits per heavy atom. The van der Waals surface area contributed by atoms with E-state index in [1.165, 1.54) is 32.3 Å². The van der Waals surface area contributed by atoms with Gasteiger partial charge in [0.15, 0.2) is 0 Å². The van der Waals surface area contributed by atoms with Gasteiger partial charge >= 0.3 is 0 Å². The van der Waals surface area contributed by atoms with Crippen LogP contribution in [0, 0.1) is 6.92 Å². The van der Waals surface area contributed by atoms with Crippen molar-refractivity contribution in [1.29, 1.82) is 0 Å². The molecule has 1 aromatic carbocycles. The van der Waals surface area contributed by atoms with Crippen molar-refractivity contribution in [2.75, 3.05) is 45.1 Å². The van der Waals surface area contributed by atoms with E-state index in [0.29, 0.717) is 0 Å². The molecule has 0 radical (unpaired) electrons. The number of hydrogen-bond acceptors (Lipinski definition) is 5. The molecule has 0 spiro atoms. The van der Waals surface area contributed by atoms with Crippen molar-refractivity contribution in [2.24, 2.45) is 0 Å². The lowest BCUT2D eigenvalue weighted by Gasteiger charge is -2.28. The van der Waals surface area contributed by atoms with Gasteiger partial charge in [0.25, 0.3) is 0 Å². The van der Waals surface area contributed by atoms with E-state index in [-0.39, 0.29) is 0 Å². The number of aryl methyl sites for hydroxylation is 1. The molecule has 3 nitrogen and oxygen atoms in total. The zero-order valence-electron chi connectivity index (χ0n) is 15.3. The van der Waals surface area contributed by atoms with Crippen LogP contribution in [0.4, 0.5) is 0 Å². The van der Waals surface area contributed by atoms with Gasteiger partial charge in [-0.2, -0.15) is 0 Å². The maximum absolute atomic E-state index is 5.44. The molecule has 0 N–H and O–H groups in total. The molecule has 5 heteroatoms. The predicted molar refractivity (Wildman–Crippen MR) is 112 cm³/mol. The van der Waals surface area contributed by atoms with Crippen molar-refractivity contribution >= 4 is 23.5 Å². The van der Waals surface area contributed by atoms with Gasteiger partial charge in [0.1, 0.15) is 0 Å². The molecule has 26 heavy (non-hydrogen) atoms. The summed E-state index contributed by atoms with van der Waals surface area (Å²) >= 11 is 3.84. The fraction of sp³-hybridized carbons (Fsp3) is 0.429. The quantitative estimate of drug-likeness (QED) is 0.714. The number of benzene rings is 1. The summed E-state index contributed by atoms with van der Waals surface area (Å²) in [5, 5.41) is 0. The van der Waals surface area contributed by atoms with Gasteiger partial charge < -0.3 is 9.64 Å². The highest BCUT2D eigenvalue weighted by Crippen LogP contribution is 2.45. The van der Waals surface area contributed by atoms with E-state index in [1.54, 1.807) is 0 Å². The van der Waals surface area contributed by atoms with Gasteiger partial charge in [-0.25, -0.2) is 0 Å². The first-order chi connectivity index (χ1) is 12.8. The fourth-order valence-corrected chi connectivity index (χ4v) is 5.45. The summed E-state index contributed by atoms with van der Waals surface area (Å²) in [7, 11) is 0. The van der Waals surface area contributed by atoms with E-state index in [4.69, 9.17) is 4.74 Å². The molecule has 0 saturated carbocycles. The van der Waals surface area contributed by atoms with E-state index >= 15 is 0 Å². The first-order valence-corrected chi connectivity index (χ1v) is 11.2. The minimum Gasteiger partial charge on any atom is -0.379 e. The molecule has 3 aliphatic heterocycles. The average molecular weight is 387 g/mol. The van der Waals surface area contributed by atoms with Crippen LogP contribution < -0.4 is 0 Å². The summed E-state index contributed by atoms with van der Waals surface area (Å²) in [5.74, 6) is 1.09. The van der Waals surface area contributed by atoms with E-state index in [0.717, 1.165) is 45.1 Å². The molecular weight excluding hydrogens is 360 g/mol. The fourth-order valence-electron chi connectivity index (χ4n) is 3.38. The molecule has 0 aromatic heterocycles. The van der Waals surface area contributed by atoms with Crippen LogP contribution in [-0.2, 0) is 4.74 Å². The Bertz CT molecular complexity index is 718. The average Bonchev–Trinajstić information content (AvgIpc) is 3.13. The van der Waals surface area contributed by atoms with E-state index in [2.05, 4.69) is 59.5 Å². The Morgan fingerprint density at radius 3 is 2.69 bits per heavy atom. The van der Waals surface area contributed by atoms with E-state index in [1.807, 2.05) is 23.5 Å². The number of nitrogens with zero attached hydrogens (tertiary/aromatic N) is 2. The zero-order valence-corrected chi connectivity index (χ0v) is 17.0. The van der Waals surface area contributed by atoms with Gasteiger partial charge in [-0.1, -0.05) is 35.5 Å². The van der Waals surface area contributed by atoms with Crippen LogP contribution in [-0.4, -0.2) is 54.9 Å². The number of fused-ring (bicyclic) bond motifs is 1. The molecule has 4 rings (SSSR count). The third-order valence-corrected chi connectivity index (χ3v) is 6.89. The summed E-state index contributed by atoms with van der Waals surface area (Å²) in [5.41, 5.74) is 2.73. The summed E-state index contributed by atoms with van der Waals surface area (Å²) in [6.07, 6.45) is 8.23. The molecule has 0 atom stereocenters. The minimum atomic E-state index is 0.885. The monoisotopic (exact) mass is 386 g/mol. The Kier molecular flexibility index (Phi) is 6.10. The van der Waals surface area contributed by atoms with Gasteiger partial charge in [-0.15, -0.1) is 11.8 Å². The van der Waals surface area contributed by atoms with Crippen LogP contribution in [0.25, 0.3) is 0 Å². The van der Waals surface area contributed by atoms with E-state index in [9.17, 15) is 0 Å². The van der Waals surface area contributed by atoms with Crippen molar-refractivity contribution in [3.8, 4) is 0 Å². The molecule has 0 bridgehead atoms. The number of thioether (sulfide) groups is 2. The smallest absolute Gasteiger partial charge is 0.0594 e. The van der Waals surface area contributed by atoms with Crippen LogP contribution in [0.1, 0.15) is 12.0 Å². The Labute approximate surface area is 165 Å². The lowest BCUT2D eigenvalue weighted by molar-refractivity contribution is 0.0369. The second-order valence-electron chi connectivity index (χ2n) is 6.88. The summed E-state index contributed by atoms with van der Waals surface area (Å²) in [6, 6.07) is 8.84. The van der Waals surface area contributed by atoms with Gasteiger partial charge in [0.2, 0.25) is 0 Å². The van der Waals surface area contributed by atoms with Crippen molar-refractivity contribution in [3.63, 3.8) is 0 Å². The van der Waals surface area contributed by atoms with Gasteiger partial charge in [0, 0.05) is 64.6 Å². The second kappa shape index (κ2) is 8.70. The molecule has 3 aliphatic rings. The lowest BCUT2D eigenvalue weighted by atomic mass is 10.2. The molecule has 1 aromatic rings. The Balaban J connectivity index is 1.39. The predicted octanol–water partition coefficient (Wildman–Crippen LogP) is 4.48. The number of hydrogen-bond donors (Lipinski definition) is 0. The van der Waals surface area contributed by atoms with Gasteiger partial charge in [-0.3, -0.25) is 4.90 Å². The molecule has 138 valence electrons. The molecule has 0 aliphatic carbocycles. The molecule has 1 fully saturated rings. The van der Waals surface area contributed by atoms with Crippen LogP contribution in [0.15, 0.2) is 63.0 Å². The molecular formula is C21H26N2OS2. The van der Waals surface area contributed by atoms with E-state index < -0.39 is 0 Å². The number of ether oxygens (including phenoxy) is 1. The first kappa shape index (κ1) is 18.2. The standard InChI is InChI=1S/C21H26N2OS2/c1-17-3-5-18(6-4-17)26-21-16-23(15-20-19(21)7-14-25-20)9-2-8-22-10-12-24-13-11-22/h3-7,15-16H,2,8-14H2,1H3. The number of allylic oxidation sites excluding steroid dienone is 2. The number of morpholine rings is 1. The highest BCUT2D eigenvalue weighted by atomic mass is 32.2. The SMILES string of the molecule is Cc1ccc(SC2=CN(CCCN3CCOCC3)C=C3SCC=C32)cc1. The topological polar surface area (TPSA) is 15.7 Å². The lowest BCUT2D eigenvalue weighted by Crippen LogP contribution is -2.37.